The fourth-order valence-corrected chi connectivity index (χ4v) is 3.79. The maximum Gasteiger partial charge on any atom is 0.269 e. The lowest BCUT2D eigenvalue weighted by molar-refractivity contribution is -0.109. The molecule has 9 heteroatoms. The van der Waals surface area contributed by atoms with Crippen molar-refractivity contribution in [2.75, 3.05) is 6.61 Å². The van der Waals surface area contributed by atoms with Gasteiger partial charge in [-0.15, -0.1) is 0 Å². The molecule has 1 amide bonds. The van der Waals surface area contributed by atoms with E-state index in [2.05, 4.69) is 15.0 Å². The van der Waals surface area contributed by atoms with Gasteiger partial charge in [-0.25, -0.2) is 15.0 Å². The van der Waals surface area contributed by atoms with Crippen molar-refractivity contribution in [2.45, 2.75) is 19.0 Å². The Bertz CT molecular complexity index is 1270. The molecule has 156 valence electrons. The molecule has 0 aliphatic carbocycles. The molecule has 2 aromatic carbocycles. The van der Waals surface area contributed by atoms with E-state index >= 15 is 0 Å². The van der Waals surface area contributed by atoms with Gasteiger partial charge in [-0.1, -0.05) is 18.2 Å². The summed E-state index contributed by atoms with van der Waals surface area (Å²) in [6.45, 7) is 3.91. The van der Waals surface area contributed by atoms with E-state index in [4.69, 9.17) is 10.5 Å². The molecule has 0 atom stereocenters. The first-order chi connectivity index (χ1) is 15.0. The lowest BCUT2D eigenvalue weighted by Gasteiger charge is -2.09. The van der Waals surface area contributed by atoms with Crippen LogP contribution in [0.3, 0.4) is 0 Å². The van der Waals surface area contributed by atoms with Crippen LogP contribution in [0.25, 0.3) is 28.2 Å². The fraction of sp³-hybridized carbons (Fsp3) is 0.136. The van der Waals surface area contributed by atoms with Crippen LogP contribution in [0.15, 0.2) is 59.8 Å². The van der Waals surface area contributed by atoms with Crippen LogP contribution in [0.1, 0.15) is 24.3 Å². The Morgan fingerprint density at radius 1 is 1.03 bits per heavy atom. The van der Waals surface area contributed by atoms with Gasteiger partial charge in [0, 0.05) is 18.2 Å². The summed E-state index contributed by atoms with van der Waals surface area (Å²) in [5.74, 6) is 0.314. The largest absolute Gasteiger partial charge is 0.494 e. The monoisotopic (exact) mass is 433 g/mol. The third kappa shape index (κ3) is 4.13. The highest BCUT2D eigenvalue weighted by Crippen LogP contribution is 2.30. The third-order valence-electron chi connectivity index (χ3n) is 4.38. The molecule has 2 aromatic heterocycles. The second-order valence-corrected chi connectivity index (χ2v) is 7.69. The number of amides is 1. The quantitative estimate of drug-likeness (QED) is 0.462. The average molecular weight is 433 g/mol. The van der Waals surface area contributed by atoms with Crippen molar-refractivity contribution in [3.8, 4) is 22.8 Å². The molecule has 0 radical (unpaired) electrons. The summed E-state index contributed by atoms with van der Waals surface area (Å²) in [6, 6.07) is 16.6. The SMILES string of the molecule is CCOc1ccc(-c2nc(C(N)=O)c3nc(SC(C)=O)n(-c4ccccc4)c3n2)cc1. The summed E-state index contributed by atoms with van der Waals surface area (Å²) < 4.78 is 7.21. The first-order valence-electron chi connectivity index (χ1n) is 9.55. The second-order valence-electron chi connectivity index (χ2n) is 6.55. The van der Waals surface area contributed by atoms with Gasteiger partial charge in [-0.2, -0.15) is 0 Å². The zero-order chi connectivity index (χ0) is 22.0. The molecule has 4 aromatic rings. The molecule has 0 aliphatic heterocycles. The molecule has 0 bridgehead atoms. The zero-order valence-corrected chi connectivity index (χ0v) is 17.7. The van der Waals surface area contributed by atoms with Crippen molar-refractivity contribution in [3.05, 3.63) is 60.3 Å². The maximum atomic E-state index is 12.2. The second kappa shape index (κ2) is 8.57. The summed E-state index contributed by atoms with van der Waals surface area (Å²) >= 11 is 0.952. The van der Waals surface area contributed by atoms with Crippen LogP contribution in [-0.2, 0) is 4.79 Å². The summed E-state index contributed by atoms with van der Waals surface area (Å²) in [6.07, 6.45) is 0. The fourth-order valence-electron chi connectivity index (χ4n) is 3.11. The van der Waals surface area contributed by atoms with Crippen LogP contribution >= 0.6 is 11.8 Å². The number of aromatic nitrogens is 4. The molecular weight excluding hydrogens is 414 g/mol. The highest BCUT2D eigenvalue weighted by atomic mass is 32.2. The number of carbonyl (C=O) groups excluding carboxylic acids is 2. The molecule has 0 saturated heterocycles. The molecule has 8 nitrogen and oxygen atoms in total. The Kier molecular flexibility index (Phi) is 5.68. The van der Waals surface area contributed by atoms with Crippen LogP contribution < -0.4 is 10.5 Å². The number of ether oxygens (including phenoxy) is 1. The van der Waals surface area contributed by atoms with Crippen LogP contribution in [0, 0.1) is 0 Å². The number of thioether (sulfide) groups is 1. The summed E-state index contributed by atoms with van der Waals surface area (Å²) in [7, 11) is 0. The number of nitrogens with zero attached hydrogens (tertiary/aromatic N) is 4. The van der Waals surface area contributed by atoms with Gasteiger partial charge in [-0.3, -0.25) is 14.2 Å². The molecule has 0 aliphatic rings. The Balaban J connectivity index is 1.98. The topological polar surface area (TPSA) is 113 Å². The van der Waals surface area contributed by atoms with Crippen molar-refractivity contribution < 1.29 is 14.3 Å². The maximum absolute atomic E-state index is 12.2. The summed E-state index contributed by atoms with van der Waals surface area (Å²) in [4.78, 5) is 37.6. The van der Waals surface area contributed by atoms with Crippen LogP contribution in [0.4, 0.5) is 0 Å². The van der Waals surface area contributed by atoms with Crippen molar-refractivity contribution in [3.63, 3.8) is 0 Å². The first-order valence-corrected chi connectivity index (χ1v) is 10.4. The van der Waals surface area contributed by atoms with E-state index in [1.54, 1.807) is 4.57 Å². The molecular formula is C22H19N5O3S. The molecule has 0 unspecified atom stereocenters. The minimum absolute atomic E-state index is 0.00559. The molecule has 31 heavy (non-hydrogen) atoms. The van der Waals surface area contributed by atoms with Gasteiger partial charge in [0.15, 0.2) is 27.4 Å². The Labute approximate surface area is 182 Å². The van der Waals surface area contributed by atoms with Gasteiger partial charge in [0.25, 0.3) is 5.91 Å². The summed E-state index contributed by atoms with van der Waals surface area (Å²) in [5.41, 5.74) is 7.69. The Hall–Kier alpha value is -3.72. The predicted molar refractivity (Wildman–Crippen MR) is 118 cm³/mol. The molecule has 2 N–H and O–H groups in total. The van der Waals surface area contributed by atoms with Gasteiger partial charge in [0.1, 0.15) is 11.3 Å². The lowest BCUT2D eigenvalue weighted by Crippen LogP contribution is -2.15. The van der Waals surface area contributed by atoms with Crippen LogP contribution in [0.5, 0.6) is 5.75 Å². The van der Waals surface area contributed by atoms with Gasteiger partial charge in [-0.05, 0) is 55.1 Å². The van der Waals surface area contributed by atoms with Gasteiger partial charge >= 0.3 is 0 Å². The number of fused-ring (bicyclic) bond motifs is 1. The number of para-hydroxylation sites is 1. The molecule has 0 saturated carbocycles. The number of benzene rings is 2. The number of carbonyl (C=O) groups is 2. The number of hydrogen-bond donors (Lipinski definition) is 1. The Morgan fingerprint density at radius 2 is 1.74 bits per heavy atom. The normalized spacial score (nSPS) is 10.9. The number of rotatable bonds is 6. The minimum atomic E-state index is -0.725. The van der Waals surface area contributed by atoms with Crippen molar-refractivity contribution in [1.82, 2.24) is 19.5 Å². The number of primary amides is 1. The molecule has 4 rings (SSSR count). The van der Waals surface area contributed by atoms with E-state index in [0.717, 1.165) is 23.2 Å². The van der Waals surface area contributed by atoms with Crippen LogP contribution in [-0.4, -0.2) is 37.1 Å². The molecule has 0 fully saturated rings. The van der Waals surface area contributed by atoms with E-state index in [0.29, 0.717) is 28.8 Å². The van der Waals surface area contributed by atoms with Gasteiger partial charge in [0.2, 0.25) is 0 Å². The number of hydrogen-bond acceptors (Lipinski definition) is 7. The minimum Gasteiger partial charge on any atom is -0.494 e. The predicted octanol–water partition coefficient (Wildman–Crippen LogP) is 3.62. The highest BCUT2D eigenvalue weighted by molar-refractivity contribution is 8.13. The molecule has 0 spiro atoms. The number of imidazole rings is 1. The standard InChI is InChI=1S/C22H19N5O3S/c1-3-30-16-11-9-14(10-12-16)20-24-17(19(23)29)18-21(26-20)27(15-7-5-4-6-8-15)22(25-18)31-13(2)28/h4-12H,3H2,1-2H3,(H2,23,29). The zero-order valence-electron chi connectivity index (χ0n) is 16.9. The van der Waals surface area contributed by atoms with Crippen molar-refractivity contribution >= 4 is 33.9 Å². The van der Waals surface area contributed by atoms with Gasteiger partial charge in [0.05, 0.1) is 6.61 Å². The molecule has 2 heterocycles. The van der Waals surface area contributed by atoms with E-state index < -0.39 is 5.91 Å². The number of nitrogens with two attached hydrogens (primary N) is 1. The van der Waals surface area contributed by atoms with Crippen LogP contribution in [0.2, 0.25) is 0 Å². The van der Waals surface area contributed by atoms with E-state index in [1.807, 2.05) is 61.5 Å². The Morgan fingerprint density at radius 3 is 2.35 bits per heavy atom. The average Bonchev–Trinajstić information content (AvgIpc) is 3.11. The van der Waals surface area contributed by atoms with E-state index in [1.165, 1.54) is 6.92 Å². The van der Waals surface area contributed by atoms with Gasteiger partial charge < -0.3 is 10.5 Å². The van der Waals surface area contributed by atoms with Crippen molar-refractivity contribution in [2.24, 2.45) is 5.73 Å². The smallest absolute Gasteiger partial charge is 0.269 e. The first kappa shape index (κ1) is 20.5. The van der Waals surface area contributed by atoms with Crippen molar-refractivity contribution in [1.29, 1.82) is 0 Å². The highest BCUT2D eigenvalue weighted by Gasteiger charge is 2.23. The van der Waals surface area contributed by atoms with E-state index in [9.17, 15) is 9.59 Å². The lowest BCUT2D eigenvalue weighted by atomic mass is 10.2. The summed E-state index contributed by atoms with van der Waals surface area (Å²) in [5, 5.41) is 0.238. The van der Waals surface area contributed by atoms with E-state index in [-0.39, 0.29) is 16.3 Å². The third-order valence-corrected chi connectivity index (χ3v) is 5.13.